The molecule has 0 saturated heterocycles. The molecular formula is C11H15NO3. The van der Waals surface area contributed by atoms with Crippen LogP contribution in [-0.2, 0) is 6.42 Å². The third-order valence-corrected chi connectivity index (χ3v) is 1.98. The molecule has 1 aromatic carbocycles. The molecule has 4 heteroatoms. The molecule has 4 nitrogen and oxygen atoms in total. The first-order chi connectivity index (χ1) is 6.91. The number of para-hydroxylation sites is 1. The first kappa shape index (κ1) is 11.4. The standard InChI is InChI=1S/C10H12O.CH3NO2/c1-10(2)7-8-5-3-4-6-9(8)11-10;2-1(3)4/h3-6H,7H2,1-2H3;2H2,(H,3,4). The zero-order valence-corrected chi connectivity index (χ0v) is 8.86. The van der Waals surface area contributed by atoms with Gasteiger partial charge >= 0.3 is 6.09 Å². The number of hydrogen-bond acceptors (Lipinski definition) is 2. The predicted octanol–water partition coefficient (Wildman–Crippen LogP) is 2.02. The number of ether oxygens (including phenoxy) is 1. The fourth-order valence-electron chi connectivity index (χ4n) is 1.54. The van der Waals surface area contributed by atoms with Crippen molar-refractivity contribution < 1.29 is 14.6 Å². The fraction of sp³-hybridized carbons (Fsp3) is 0.364. The molecule has 0 spiro atoms. The van der Waals surface area contributed by atoms with Crippen molar-refractivity contribution in [2.24, 2.45) is 5.73 Å². The van der Waals surface area contributed by atoms with Crippen molar-refractivity contribution in [2.45, 2.75) is 25.9 Å². The molecule has 1 aromatic rings. The van der Waals surface area contributed by atoms with Crippen molar-refractivity contribution in [1.29, 1.82) is 0 Å². The summed E-state index contributed by atoms with van der Waals surface area (Å²) in [5.74, 6) is 1.05. The van der Waals surface area contributed by atoms with Crippen LogP contribution in [0.25, 0.3) is 0 Å². The van der Waals surface area contributed by atoms with Gasteiger partial charge < -0.3 is 15.6 Å². The van der Waals surface area contributed by atoms with Crippen LogP contribution in [0.4, 0.5) is 4.79 Å². The summed E-state index contributed by atoms with van der Waals surface area (Å²) < 4.78 is 5.69. The zero-order chi connectivity index (χ0) is 11.5. The van der Waals surface area contributed by atoms with E-state index in [9.17, 15) is 0 Å². The van der Waals surface area contributed by atoms with Crippen LogP contribution in [0.1, 0.15) is 19.4 Å². The van der Waals surface area contributed by atoms with Crippen LogP contribution in [0.3, 0.4) is 0 Å². The topological polar surface area (TPSA) is 72.5 Å². The van der Waals surface area contributed by atoms with Gasteiger partial charge in [0.25, 0.3) is 0 Å². The van der Waals surface area contributed by atoms with Gasteiger partial charge in [0.1, 0.15) is 11.4 Å². The van der Waals surface area contributed by atoms with E-state index in [1.165, 1.54) is 5.56 Å². The summed E-state index contributed by atoms with van der Waals surface area (Å²) in [5, 5.41) is 7.19. The minimum Gasteiger partial charge on any atom is -0.487 e. The van der Waals surface area contributed by atoms with Crippen LogP contribution in [0.2, 0.25) is 0 Å². The summed E-state index contributed by atoms with van der Waals surface area (Å²) in [6.07, 6.45) is -0.302. The molecule has 0 unspecified atom stereocenters. The highest BCUT2D eigenvalue weighted by atomic mass is 16.5. The van der Waals surface area contributed by atoms with E-state index in [0.29, 0.717) is 0 Å². The van der Waals surface area contributed by atoms with E-state index >= 15 is 0 Å². The number of fused-ring (bicyclic) bond motifs is 1. The average molecular weight is 209 g/mol. The van der Waals surface area contributed by atoms with Gasteiger partial charge in [-0.2, -0.15) is 0 Å². The van der Waals surface area contributed by atoms with Gasteiger partial charge in [0.15, 0.2) is 0 Å². The molecule has 0 aliphatic carbocycles. The molecule has 0 radical (unpaired) electrons. The van der Waals surface area contributed by atoms with Crippen LogP contribution in [0.5, 0.6) is 5.75 Å². The Bertz CT molecular complexity index is 330. The normalized spacial score (nSPS) is 15.6. The summed E-state index contributed by atoms with van der Waals surface area (Å²) in [6, 6.07) is 8.23. The van der Waals surface area contributed by atoms with Crippen molar-refractivity contribution in [2.75, 3.05) is 0 Å². The maximum Gasteiger partial charge on any atom is 0.402 e. The van der Waals surface area contributed by atoms with Crippen molar-refractivity contribution in [3.05, 3.63) is 29.8 Å². The predicted molar refractivity (Wildman–Crippen MR) is 57.1 cm³/mol. The lowest BCUT2D eigenvalue weighted by molar-refractivity contribution is 0.138. The summed E-state index contributed by atoms with van der Waals surface area (Å²) in [5.41, 5.74) is 5.36. The van der Waals surface area contributed by atoms with E-state index in [0.717, 1.165) is 12.2 Å². The average Bonchev–Trinajstić information content (AvgIpc) is 2.36. The number of carbonyl (C=O) groups is 1. The molecule has 1 aliphatic heterocycles. The number of carboxylic acid groups (broad SMARTS) is 1. The molecule has 1 amide bonds. The van der Waals surface area contributed by atoms with Gasteiger partial charge in [-0.3, -0.25) is 0 Å². The summed E-state index contributed by atoms with van der Waals surface area (Å²) >= 11 is 0. The first-order valence-electron chi connectivity index (χ1n) is 4.66. The molecule has 1 aliphatic rings. The van der Waals surface area contributed by atoms with Crippen LogP contribution in [-0.4, -0.2) is 16.8 Å². The van der Waals surface area contributed by atoms with Gasteiger partial charge in [0.05, 0.1) is 0 Å². The lowest BCUT2D eigenvalue weighted by Gasteiger charge is -2.16. The van der Waals surface area contributed by atoms with Crippen molar-refractivity contribution in [1.82, 2.24) is 0 Å². The van der Waals surface area contributed by atoms with E-state index in [-0.39, 0.29) is 5.60 Å². The number of benzene rings is 1. The van der Waals surface area contributed by atoms with E-state index in [1.807, 2.05) is 12.1 Å². The van der Waals surface area contributed by atoms with Crippen LogP contribution >= 0.6 is 0 Å². The van der Waals surface area contributed by atoms with Crippen LogP contribution in [0.15, 0.2) is 24.3 Å². The van der Waals surface area contributed by atoms with Gasteiger partial charge in [-0.1, -0.05) is 18.2 Å². The summed E-state index contributed by atoms with van der Waals surface area (Å²) in [4.78, 5) is 8.78. The van der Waals surface area contributed by atoms with Gasteiger partial charge in [-0.15, -0.1) is 0 Å². The Balaban J connectivity index is 0.000000245. The Morgan fingerprint density at radius 3 is 2.53 bits per heavy atom. The lowest BCUT2D eigenvalue weighted by atomic mass is 10.0. The van der Waals surface area contributed by atoms with Gasteiger partial charge in [0.2, 0.25) is 0 Å². The van der Waals surface area contributed by atoms with Gasteiger partial charge in [0, 0.05) is 6.42 Å². The van der Waals surface area contributed by atoms with Crippen LogP contribution < -0.4 is 10.5 Å². The third-order valence-electron chi connectivity index (χ3n) is 1.98. The van der Waals surface area contributed by atoms with Crippen molar-refractivity contribution in [3.8, 4) is 5.75 Å². The molecule has 82 valence electrons. The maximum absolute atomic E-state index is 8.78. The molecule has 3 N–H and O–H groups in total. The monoisotopic (exact) mass is 209 g/mol. The molecule has 1 heterocycles. The van der Waals surface area contributed by atoms with Crippen LogP contribution in [0, 0.1) is 0 Å². The number of amides is 1. The largest absolute Gasteiger partial charge is 0.487 e. The summed E-state index contributed by atoms with van der Waals surface area (Å²) in [6.45, 7) is 4.24. The maximum atomic E-state index is 8.78. The molecule has 0 fully saturated rings. The first-order valence-corrected chi connectivity index (χ1v) is 4.66. The van der Waals surface area contributed by atoms with E-state index in [4.69, 9.17) is 14.6 Å². The second kappa shape index (κ2) is 4.21. The fourth-order valence-corrected chi connectivity index (χ4v) is 1.54. The van der Waals surface area contributed by atoms with E-state index in [1.54, 1.807) is 0 Å². The van der Waals surface area contributed by atoms with Crippen molar-refractivity contribution >= 4 is 6.09 Å². The van der Waals surface area contributed by atoms with Gasteiger partial charge in [-0.25, -0.2) is 4.79 Å². The lowest BCUT2D eigenvalue weighted by Crippen LogP contribution is -2.24. The second-order valence-corrected chi connectivity index (χ2v) is 3.98. The highest BCUT2D eigenvalue weighted by molar-refractivity contribution is 5.61. The Morgan fingerprint density at radius 1 is 1.47 bits per heavy atom. The number of nitrogens with two attached hydrogens (primary N) is 1. The molecule has 0 aromatic heterocycles. The molecule has 15 heavy (non-hydrogen) atoms. The Morgan fingerprint density at radius 2 is 2.00 bits per heavy atom. The molecule has 0 bridgehead atoms. The highest BCUT2D eigenvalue weighted by Gasteiger charge is 2.28. The smallest absolute Gasteiger partial charge is 0.402 e. The molecule has 2 rings (SSSR count). The van der Waals surface area contributed by atoms with E-state index < -0.39 is 6.09 Å². The zero-order valence-electron chi connectivity index (χ0n) is 8.86. The highest BCUT2D eigenvalue weighted by Crippen LogP contribution is 2.33. The molecular weight excluding hydrogens is 194 g/mol. The minimum atomic E-state index is -1.33. The number of rotatable bonds is 0. The van der Waals surface area contributed by atoms with E-state index in [2.05, 4.69) is 31.7 Å². The molecule has 0 saturated carbocycles. The van der Waals surface area contributed by atoms with Crippen molar-refractivity contribution in [3.63, 3.8) is 0 Å². The Kier molecular flexibility index (Phi) is 3.19. The minimum absolute atomic E-state index is 0.00366. The molecule has 0 atom stereocenters. The van der Waals surface area contributed by atoms with Gasteiger partial charge in [-0.05, 0) is 25.5 Å². The Hall–Kier alpha value is -1.71. The quantitative estimate of drug-likeness (QED) is 0.686. The third kappa shape index (κ3) is 3.50. The number of hydrogen-bond donors (Lipinski definition) is 2. The number of primary amides is 1. The summed E-state index contributed by atoms with van der Waals surface area (Å²) in [7, 11) is 0. The SMILES string of the molecule is CC1(C)Cc2ccccc2O1.NC(=O)O. The Labute approximate surface area is 88.7 Å². The second-order valence-electron chi connectivity index (χ2n) is 3.98.